The highest BCUT2D eigenvalue weighted by Crippen LogP contribution is 2.41. The standard InChI is InChI=1S/C29H33F2N3O3/c30-10-14-32-12-8-29(19-32)9-13-33(20-29)27-6-3-22(17-26(27)31)34-11-7-21-16-23(4-5-25(21)28(34)35)37-18-24-2-1-15-36-24/h3-7,11,16-17,24H,1-2,8-10,12-15,18-20H2. The normalized spacial score (nSPS) is 24.1. The van der Waals surface area contributed by atoms with Gasteiger partial charge in [-0.05, 0) is 74.0 Å². The monoisotopic (exact) mass is 509 g/mol. The van der Waals surface area contributed by atoms with E-state index in [0.717, 1.165) is 63.9 Å². The van der Waals surface area contributed by atoms with Crippen LogP contribution in [0.1, 0.15) is 25.7 Å². The number of anilines is 1. The number of hydrogen-bond donors (Lipinski definition) is 0. The maximum atomic E-state index is 15.3. The van der Waals surface area contributed by atoms with Crippen molar-refractivity contribution in [3.63, 3.8) is 0 Å². The first-order chi connectivity index (χ1) is 18.0. The maximum Gasteiger partial charge on any atom is 0.262 e. The zero-order chi connectivity index (χ0) is 25.4. The Labute approximate surface area is 215 Å². The van der Waals surface area contributed by atoms with Crippen LogP contribution in [-0.4, -0.2) is 68.2 Å². The number of hydrogen-bond acceptors (Lipinski definition) is 5. The molecule has 0 saturated carbocycles. The molecule has 1 aromatic heterocycles. The number of halogens is 2. The third-order valence-electron chi connectivity index (χ3n) is 8.24. The number of rotatable bonds is 7. The van der Waals surface area contributed by atoms with Crippen LogP contribution in [0.15, 0.2) is 53.5 Å². The fourth-order valence-electron chi connectivity index (χ4n) is 6.20. The molecule has 3 aromatic rings. The number of pyridine rings is 1. The van der Waals surface area contributed by atoms with E-state index in [4.69, 9.17) is 9.47 Å². The van der Waals surface area contributed by atoms with E-state index in [2.05, 4.69) is 9.80 Å². The summed E-state index contributed by atoms with van der Waals surface area (Å²) in [5.41, 5.74) is 0.971. The van der Waals surface area contributed by atoms with Crippen LogP contribution in [0.5, 0.6) is 5.75 Å². The van der Waals surface area contributed by atoms with E-state index in [-0.39, 0.29) is 29.6 Å². The number of likely N-dealkylation sites (tertiary alicyclic amines) is 1. The fourth-order valence-corrected chi connectivity index (χ4v) is 6.20. The fraction of sp³-hybridized carbons (Fsp3) is 0.483. The first-order valence-corrected chi connectivity index (χ1v) is 13.3. The first kappa shape index (κ1) is 24.4. The minimum absolute atomic E-state index is 0.113. The number of alkyl halides is 1. The van der Waals surface area contributed by atoms with Crippen molar-refractivity contribution in [1.82, 2.24) is 9.47 Å². The average molecular weight is 510 g/mol. The zero-order valence-corrected chi connectivity index (χ0v) is 21.0. The molecule has 2 aromatic carbocycles. The summed E-state index contributed by atoms with van der Waals surface area (Å²) >= 11 is 0. The number of ether oxygens (including phenoxy) is 2. The van der Waals surface area contributed by atoms with Gasteiger partial charge in [-0.3, -0.25) is 9.36 Å². The second-order valence-corrected chi connectivity index (χ2v) is 10.7. The number of fused-ring (bicyclic) bond motifs is 1. The van der Waals surface area contributed by atoms with Crippen LogP contribution in [0, 0.1) is 11.2 Å². The molecular formula is C29H33F2N3O3. The summed E-state index contributed by atoms with van der Waals surface area (Å²) in [6, 6.07) is 12.3. The molecule has 2 atom stereocenters. The van der Waals surface area contributed by atoms with Gasteiger partial charge in [-0.1, -0.05) is 0 Å². The van der Waals surface area contributed by atoms with Gasteiger partial charge in [-0.2, -0.15) is 0 Å². The zero-order valence-electron chi connectivity index (χ0n) is 21.0. The van der Waals surface area contributed by atoms with Gasteiger partial charge in [0.05, 0.1) is 17.5 Å². The van der Waals surface area contributed by atoms with Gasteiger partial charge in [0, 0.05) is 55.9 Å². The molecule has 4 heterocycles. The van der Waals surface area contributed by atoms with Gasteiger partial charge in [0.1, 0.15) is 24.8 Å². The van der Waals surface area contributed by atoms with Gasteiger partial charge in [0.25, 0.3) is 5.56 Å². The highest BCUT2D eigenvalue weighted by atomic mass is 19.1. The minimum atomic E-state index is -0.335. The van der Waals surface area contributed by atoms with E-state index in [1.165, 1.54) is 10.6 Å². The predicted octanol–water partition coefficient (Wildman–Crippen LogP) is 4.56. The molecule has 0 aliphatic carbocycles. The molecule has 8 heteroatoms. The van der Waals surface area contributed by atoms with Crippen molar-refractivity contribution in [2.45, 2.75) is 31.8 Å². The molecule has 1 spiro atoms. The largest absolute Gasteiger partial charge is 0.491 e. The van der Waals surface area contributed by atoms with E-state index in [1.54, 1.807) is 30.5 Å². The molecule has 3 saturated heterocycles. The van der Waals surface area contributed by atoms with E-state index in [1.807, 2.05) is 12.1 Å². The SMILES string of the molecule is O=c1c2ccc(OCC3CCCO3)cc2ccn1-c1ccc(N2CCC3(CCN(CCF)C3)C2)c(F)c1. The Morgan fingerprint density at radius 3 is 2.78 bits per heavy atom. The Bertz CT molecular complexity index is 1340. The Morgan fingerprint density at radius 2 is 1.97 bits per heavy atom. The van der Waals surface area contributed by atoms with Crippen LogP contribution in [0.4, 0.5) is 14.5 Å². The Morgan fingerprint density at radius 1 is 1.08 bits per heavy atom. The Balaban J connectivity index is 1.18. The van der Waals surface area contributed by atoms with Crippen LogP contribution in [0.2, 0.25) is 0 Å². The molecule has 2 unspecified atom stereocenters. The summed E-state index contributed by atoms with van der Waals surface area (Å²) in [6.07, 6.45) is 5.89. The van der Waals surface area contributed by atoms with Crippen LogP contribution in [-0.2, 0) is 4.74 Å². The lowest BCUT2D eigenvalue weighted by atomic mass is 9.86. The molecule has 3 aliphatic rings. The van der Waals surface area contributed by atoms with Gasteiger partial charge in [0.15, 0.2) is 0 Å². The van der Waals surface area contributed by atoms with E-state index in [9.17, 15) is 9.18 Å². The van der Waals surface area contributed by atoms with Crippen molar-refractivity contribution in [3.05, 3.63) is 64.8 Å². The van der Waals surface area contributed by atoms with Crippen molar-refractivity contribution in [2.24, 2.45) is 5.41 Å². The predicted molar refractivity (Wildman–Crippen MR) is 140 cm³/mol. The van der Waals surface area contributed by atoms with Gasteiger partial charge in [-0.25, -0.2) is 8.78 Å². The lowest BCUT2D eigenvalue weighted by Gasteiger charge is -2.26. The second kappa shape index (κ2) is 10.1. The highest BCUT2D eigenvalue weighted by molar-refractivity contribution is 5.83. The second-order valence-electron chi connectivity index (χ2n) is 10.7. The molecule has 0 bridgehead atoms. The lowest BCUT2D eigenvalue weighted by Crippen LogP contribution is -2.32. The number of aromatic nitrogens is 1. The molecule has 6 rings (SSSR count). The van der Waals surface area contributed by atoms with E-state index < -0.39 is 0 Å². The topological polar surface area (TPSA) is 46.9 Å². The summed E-state index contributed by atoms with van der Waals surface area (Å²) in [4.78, 5) is 17.5. The molecule has 0 N–H and O–H groups in total. The summed E-state index contributed by atoms with van der Waals surface area (Å²) in [6.45, 7) is 4.79. The quantitative estimate of drug-likeness (QED) is 0.468. The van der Waals surface area contributed by atoms with Gasteiger partial charge in [-0.15, -0.1) is 0 Å². The lowest BCUT2D eigenvalue weighted by molar-refractivity contribution is 0.0680. The summed E-state index contributed by atoms with van der Waals surface area (Å²) in [5.74, 6) is 0.368. The first-order valence-electron chi connectivity index (χ1n) is 13.3. The number of benzene rings is 2. The third-order valence-corrected chi connectivity index (χ3v) is 8.24. The molecule has 0 amide bonds. The van der Waals surface area contributed by atoms with E-state index in [0.29, 0.717) is 35.7 Å². The van der Waals surface area contributed by atoms with Crippen LogP contribution in [0.3, 0.4) is 0 Å². The number of nitrogens with zero attached hydrogens (tertiary/aromatic N) is 3. The van der Waals surface area contributed by atoms with Crippen LogP contribution < -0.4 is 15.2 Å². The van der Waals surface area contributed by atoms with Gasteiger partial charge >= 0.3 is 0 Å². The average Bonchev–Trinajstić information content (AvgIpc) is 3.66. The minimum Gasteiger partial charge on any atom is -0.491 e. The van der Waals surface area contributed by atoms with Crippen molar-refractivity contribution < 1.29 is 18.3 Å². The summed E-state index contributed by atoms with van der Waals surface area (Å²) < 4.78 is 41.1. The molecule has 6 nitrogen and oxygen atoms in total. The van der Waals surface area contributed by atoms with Crippen LogP contribution >= 0.6 is 0 Å². The van der Waals surface area contributed by atoms with E-state index >= 15 is 4.39 Å². The molecular weight excluding hydrogens is 476 g/mol. The summed E-state index contributed by atoms with van der Waals surface area (Å²) in [5, 5.41) is 1.33. The molecule has 3 fully saturated rings. The summed E-state index contributed by atoms with van der Waals surface area (Å²) in [7, 11) is 0. The smallest absolute Gasteiger partial charge is 0.262 e. The van der Waals surface area contributed by atoms with Crippen molar-refractivity contribution >= 4 is 16.5 Å². The third kappa shape index (κ3) is 4.84. The van der Waals surface area contributed by atoms with Crippen molar-refractivity contribution in [3.8, 4) is 11.4 Å². The highest BCUT2D eigenvalue weighted by Gasteiger charge is 2.43. The molecule has 3 aliphatic heterocycles. The molecule has 37 heavy (non-hydrogen) atoms. The van der Waals surface area contributed by atoms with Crippen molar-refractivity contribution in [1.29, 1.82) is 0 Å². The van der Waals surface area contributed by atoms with Crippen LogP contribution in [0.25, 0.3) is 16.5 Å². The van der Waals surface area contributed by atoms with Gasteiger partial charge in [0.2, 0.25) is 0 Å². The van der Waals surface area contributed by atoms with Crippen molar-refractivity contribution in [2.75, 3.05) is 57.5 Å². The molecule has 196 valence electrons. The Hall–Kier alpha value is -2.97. The Kier molecular flexibility index (Phi) is 6.63. The molecule has 0 radical (unpaired) electrons. The van der Waals surface area contributed by atoms with Gasteiger partial charge < -0.3 is 19.3 Å². The maximum absolute atomic E-state index is 15.3.